The van der Waals surface area contributed by atoms with Gasteiger partial charge < -0.3 is 9.73 Å². The lowest BCUT2D eigenvalue weighted by Gasteiger charge is -2.47. The molecule has 3 heterocycles. The molecule has 2 aliphatic rings. The molecule has 21 heavy (non-hydrogen) atoms. The largest absolute Gasteiger partial charge is 0.465 e. The molecule has 0 radical (unpaired) electrons. The van der Waals surface area contributed by atoms with Crippen molar-refractivity contribution in [2.24, 2.45) is 0 Å². The molecule has 1 amide bonds. The third-order valence-electron chi connectivity index (χ3n) is 5.14. The van der Waals surface area contributed by atoms with Crippen molar-refractivity contribution in [3.8, 4) is 0 Å². The summed E-state index contributed by atoms with van der Waals surface area (Å²) in [5.74, 6) is 2.33. The predicted molar refractivity (Wildman–Crippen MR) is 81.9 cm³/mol. The zero-order chi connectivity index (χ0) is 14.9. The molecule has 4 heteroatoms. The molecule has 1 N–H and O–H groups in total. The summed E-state index contributed by atoms with van der Waals surface area (Å²) < 4.78 is 5.87. The van der Waals surface area contributed by atoms with Crippen LogP contribution >= 0.6 is 0 Å². The Labute approximate surface area is 126 Å². The first-order valence-electron chi connectivity index (χ1n) is 8.29. The molecule has 2 fully saturated rings. The molecular formula is C17H26N2O2. The second kappa shape index (κ2) is 5.84. The topological polar surface area (TPSA) is 45.5 Å². The van der Waals surface area contributed by atoms with Gasteiger partial charge in [-0.2, -0.15) is 0 Å². The van der Waals surface area contributed by atoms with Gasteiger partial charge in [-0.3, -0.25) is 9.69 Å². The highest BCUT2D eigenvalue weighted by atomic mass is 16.3. The van der Waals surface area contributed by atoms with Crippen molar-refractivity contribution < 1.29 is 9.21 Å². The number of furan rings is 1. The Morgan fingerprint density at radius 3 is 2.76 bits per heavy atom. The van der Waals surface area contributed by atoms with Gasteiger partial charge in [0.05, 0.1) is 12.1 Å². The summed E-state index contributed by atoms with van der Waals surface area (Å²) in [6, 6.07) is 4.60. The summed E-state index contributed by atoms with van der Waals surface area (Å²) in [5.41, 5.74) is 0.00423. The van der Waals surface area contributed by atoms with Crippen molar-refractivity contribution in [3.63, 3.8) is 0 Å². The van der Waals surface area contributed by atoms with Crippen LogP contribution < -0.4 is 5.32 Å². The van der Waals surface area contributed by atoms with Gasteiger partial charge in [-0.25, -0.2) is 0 Å². The number of likely N-dealkylation sites (tertiary alicyclic amines) is 1. The number of rotatable bonds is 4. The van der Waals surface area contributed by atoms with Crippen LogP contribution in [0.2, 0.25) is 0 Å². The molecule has 1 aromatic rings. The first-order chi connectivity index (χ1) is 10.2. The lowest BCUT2D eigenvalue weighted by atomic mass is 9.78. The van der Waals surface area contributed by atoms with Gasteiger partial charge in [-0.15, -0.1) is 0 Å². The van der Waals surface area contributed by atoms with Gasteiger partial charge in [0, 0.05) is 18.9 Å². The number of amides is 1. The molecule has 2 aliphatic heterocycles. The summed E-state index contributed by atoms with van der Waals surface area (Å²) in [4.78, 5) is 14.2. The molecule has 0 bridgehead atoms. The van der Waals surface area contributed by atoms with Crippen LogP contribution in [0.25, 0.3) is 0 Å². The monoisotopic (exact) mass is 290 g/mol. The highest BCUT2D eigenvalue weighted by Crippen LogP contribution is 2.37. The number of piperidine rings is 1. The van der Waals surface area contributed by atoms with Gasteiger partial charge in [-0.05, 0) is 44.4 Å². The Balaban J connectivity index is 1.76. The predicted octanol–water partition coefficient (Wildman–Crippen LogP) is 2.87. The number of nitrogens with zero attached hydrogens (tertiary/aromatic N) is 1. The summed E-state index contributed by atoms with van der Waals surface area (Å²) >= 11 is 0. The van der Waals surface area contributed by atoms with Crippen molar-refractivity contribution in [1.29, 1.82) is 0 Å². The Morgan fingerprint density at radius 1 is 1.33 bits per heavy atom. The van der Waals surface area contributed by atoms with E-state index in [1.54, 1.807) is 0 Å². The lowest BCUT2D eigenvalue weighted by Crippen LogP contribution is -2.61. The van der Waals surface area contributed by atoms with Gasteiger partial charge >= 0.3 is 0 Å². The van der Waals surface area contributed by atoms with E-state index >= 15 is 0 Å². The average Bonchev–Trinajstić information content (AvgIpc) is 3.07. The number of carbonyl (C=O) groups is 1. The van der Waals surface area contributed by atoms with Crippen LogP contribution in [0.3, 0.4) is 0 Å². The highest BCUT2D eigenvalue weighted by molar-refractivity contribution is 5.79. The van der Waals surface area contributed by atoms with E-state index in [-0.39, 0.29) is 11.4 Å². The SMILES string of the molecule is CCc1ccc(CN2CCC[C@]3(CCC(=O)N3)[C@H]2CC)o1. The minimum absolute atomic E-state index is 0.00423. The summed E-state index contributed by atoms with van der Waals surface area (Å²) in [7, 11) is 0. The maximum absolute atomic E-state index is 11.7. The third kappa shape index (κ3) is 2.73. The van der Waals surface area contributed by atoms with Crippen LogP contribution in [-0.2, 0) is 17.8 Å². The van der Waals surface area contributed by atoms with Crippen LogP contribution in [0.15, 0.2) is 16.5 Å². The smallest absolute Gasteiger partial charge is 0.220 e. The van der Waals surface area contributed by atoms with Crippen LogP contribution in [0.4, 0.5) is 0 Å². The van der Waals surface area contributed by atoms with Gasteiger partial charge in [0.1, 0.15) is 11.5 Å². The molecule has 0 aliphatic carbocycles. The Kier molecular flexibility index (Phi) is 4.07. The van der Waals surface area contributed by atoms with E-state index < -0.39 is 0 Å². The number of hydrogen-bond acceptors (Lipinski definition) is 3. The van der Waals surface area contributed by atoms with Crippen LogP contribution in [-0.4, -0.2) is 28.9 Å². The number of aryl methyl sites for hydroxylation is 1. The molecule has 116 valence electrons. The third-order valence-corrected chi connectivity index (χ3v) is 5.14. The summed E-state index contributed by atoms with van der Waals surface area (Å²) in [5, 5.41) is 3.29. The van der Waals surface area contributed by atoms with Crippen LogP contribution in [0, 0.1) is 0 Å². The quantitative estimate of drug-likeness (QED) is 0.927. The van der Waals surface area contributed by atoms with E-state index in [2.05, 4.69) is 36.2 Å². The normalized spacial score (nSPS) is 30.0. The molecule has 2 atom stereocenters. The molecule has 0 unspecified atom stereocenters. The molecule has 1 spiro atoms. The molecule has 0 saturated carbocycles. The Morgan fingerprint density at radius 2 is 2.14 bits per heavy atom. The molecule has 2 saturated heterocycles. The van der Waals surface area contributed by atoms with Crippen molar-refractivity contribution in [2.75, 3.05) is 6.54 Å². The second-order valence-corrected chi connectivity index (χ2v) is 6.42. The fraction of sp³-hybridized carbons (Fsp3) is 0.706. The van der Waals surface area contributed by atoms with E-state index in [4.69, 9.17) is 4.42 Å². The van der Waals surface area contributed by atoms with Crippen LogP contribution in [0.1, 0.15) is 57.5 Å². The van der Waals surface area contributed by atoms with Crippen molar-refractivity contribution in [3.05, 3.63) is 23.7 Å². The van der Waals surface area contributed by atoms with E-state index in [1.807, 2.05) is 0 Å². The maximum atomic E-state index is 11.7. The Hall–Kier alpha value is -1.29. The fourth-order valence-corrected chi connectivity index (χ4v) is 4.18. The number of carbonyl (C=O) groups excluding carboxylic acids is 1. The van der Waals surface area contributed by atoms with E-state index in [0.717, 1.165) is 56.7 Å². The van der Waals surface area contributed by atoms with Crippen molar-refractivity contribution in [1.82, 2.24) is 10.2 Å². The average molecular weight is 290 g/mol. The minimum atomic E-state index is 0.00423. The fourth-order valence-electron chi connectivity index (χ4n) is 4.18. The minimum Gasteiger partial charge on any atom is -0.465 e. The molecule has 1 aromatic heterocycles. The van der Waals surface area contributed by atoms with Crippen molar-refractivity contribution >= 4 is 5.91 Å². The van der Waals surface area contributed by atoms with E-state index in [9.17, 15) is 4.79 Å². The molecular weight excluding hydrogens is 264 g/mol. The number of hydrogen-bond donors (Lipinski definition) is 1. The molecule has 4 nitrogen and oxygen atoms in total. The van der Waals surface area contributed by atoms with Gasteiger partial charge in [0.2, 0.25) is 5.91 Å². The summed E-state index contributed by atoms with van der Waals surface area (Å²) in [6.07, 6.45) is 5.95. The zero-order valence-corrected chi connectivity index (χ0v) is 13.2. The second-order valence-electron chi connectivity index (χ2n) is 6.42. The standard InChI is InChI=1S/C17H26N2O2/c1-3-13-6-7-14(21-13)12-19-11-5-9-17(15(19)4-2)10-8-16(20)18-17/h6-7,15H,3-5,8-12H2,1-2H3,(H,18,20)/t15-,17+/m1/s1. The zero-order valence-electron chi connectivity index (χ0n) is 13.2. The lowest BCUT2D eigenvalue weighted by molar-refractivity contribution is -0.120. The van der Waals surface area contributed by atoms with E-state index in [1.165, 1.54) is 0 Å². The van der Waals surface area contributed by atoms with Crippen LogP contribution in [0.5, 0.6) is 0 Å². The van der Waals surface area contributed by atoms with Gasteiger partial charge in [-0.1, -0.05) is 13.8 Å². The first kappa shape index (κ1) is 14.6. The number of nitrogens with one attached hydrogen (secondary N) is 1. The Bertz CT molecular complexity index is 511. The summed E-state index contributed by atoms with van der Waals surface area (Å²) in [6.45, 7) is 6.30. The molecule has 0 aromatic carbocycles. The van der Waals surface area contributed by atoms with Crippen molar-refractivity contribution in [2.45, 2.75) is 70.5 Å². The maximum Gasteiger partial charge on any atom is 0.220 e. The first-order valence-corrected chi connectivity index (χ1v) is 8.29. The van der Waals surface area contributed by atoms with E-state index in [0.29, 0.717) is 12.5 Å². The highest BCUT2D eigenvalue weighted by Gasteiger charge is 2.47. The van der Waals surface area contributed by atoms with Gasteiger partial charge in [0.15, 0.2) is 0 Å². The molecule has 3 rings (SSSR count). The van der Waals surface area contributed by atoms with Gasteiger partial charge in [0.25, 0.3) is 0 Å².